The third-order valence-corrected chi connectivity index (χ3v) is 7.65. The summed E-state index contributed by atoms with van der Waals surface area (Å²) in [6.07, 6.45) is 7.47. The molecule has 206 valence electrons. The molecule has 3 N–H and O–H groups in total. The maximum Gasteiger partial charge on any atom is 0.305 e. The van der Waals surface area contributed by atoms with Gasteiger partial charge in [-0.15, -0.1) is 0 Å². The topological polar surface area (TPSA) is 135 Å². The molecule has 9 nitrogen and oxygen atoms in total. The molecule has 4 rings (SSSR count). The Labute approximate surface area is 227 Å². The lowest BCUT2D eigenvalue weighted by Gasteiger charge is -2.33. The van der Waals surface area contributed by atoms with Gasteiger partial charge in [-0.2, -0.15) is 5.26 Å². The fourth-order valence-corrected chi connectivity index (χ4v) is 5.38. The Morgan fingerprint density at radius 2 is 1.97 bits per heavy atom. The minimum Gasteiger partial charge on any atom is -0.481 e. The van der Waals surface area contributed by atoms with Gasteiger partial charge in [0.1, 0.15) is 11.9 Å². The number of piperidine rings is 2. The van der Waals surface area contributed by atoms with Crippen molar-refractivity contribution < 1.29 is 23.9 Å². The summed E-state index contributed by atoms with van der Waals surface area (Å²) < 4.78 is 14.2. The van der Waals surface area contributed by atoms with Crippen molar-refractivity contribution in [3.8, 4) is 17.2 Å². The van der Waals surface area contributed by atoms with E-state index in [4.69, 9.17) is 5.26 Å². The number of hydrogen-bond acceptors (Lipinski definition) is 6. The van der Waals surface area contributed by atoms with Crippen LogP contribution in [0.3, 0.4) is 0 Å². The Hall–Kier alpha value is -3.84. The van der Waals surface area contributed by atoms with Gasteiger partial charge in [0.15, 0.2) is 0 Å². The standard InChI is InChI=1S/C29H34FN5O4/c30-25-13-20(4-5-21(25)15-31)23-12-24(17-33-16-23)26(14-28(37)38)34-29(39)22-2-1-11-35(18-22)27(36)6-3-19-7-9-32-10-8-19/h4-5,12-13,16-17,19,22,26,32H,1-3,6-11,14,18H2,(H,34,39)(H,37,38)/t22-,26?/m1/s1. The molecule has 0 spiro atoms. The number of carbonyl (C=O) groups excluding carboxylic acids is 2. The van der Waals surface area contributed by atoms with Crippen molar-refractivity contribution >= 4 is 17.8 Å². The zero-order chi connectivity index (χ0) is 27.8. The lowest BCUT2D eigenvalue weighted by Crippen LogP contribution is -2.46. The number of pyridine rings is 1. The molecule has 2 amide bonds. The molecule has 2 fully saturated rings. The highest BCUT2D eigenvalue weighted by atomic mass is 19.1. The van der Waals surface area contributed by atoms with Crippen molar-refractivity contribution in [2.24, 2.45) is 11.8 Å². The van der Waals surface area contributed by atoms with Crippen LogP contribution >= 0.6 is 0 Å². The Balaban J connectivity index is 1.42. The van der Waals surface area contributed by atoms with Gasteiger partial charge in [0.25, 0.3) is 0 Å². The van der Waals surface area contributed by atoms with Crippen molar-refractivity contribution in [2.75, 3.05) is 26.2 Å². The number of hydrogen-bond donors (Lipinski definition) is 3. The monoisotopic (exact) mass is 535 g/mol. The number of carboxylic acids is 1. The number of likely N-dealkylation sites (tertiary alicyclic amines) is 1. The van der Waals surface area contributed by atoms with Crippen LogP contribution in [-0.4, -0.2) is 59.0 Å². The van der Waals surface area contributed by atoms with Crippen molar-refractivity contribution in [2.45, 2.75) is 51.0 Å². The van der Waals surface area contributed by atoms with Gasteiger partial charge in [-0.1, -0.05) is 6.07 Å². The van der Waals surface area contributed by atoms with E-state index < -0.39 is 23.7 Å². The van der Waals surface area contributed by atoms with Gasteiger partial charge in [0, 0.05) is 37.5 Å². The molecule has 0 saturated carbocycles. The molecular formula is C29H34FN5O4. The predicted molar refractivity (Wildman–Crippen MR) is 142 cm³/mol. The quantitative estimate of drug-likeness (QED) is 0.448. The fraction of sp³-hybridized carbons (Fsp3) is 0.483. The van der Waals surface area contributed by atoms with Crippen LogP contribution in [0.15, 0.2) is 36.7 Å². The lowest BCUT2D eigenvalue weighted by atomic mass is 9.92. The van der Waals surface area contributed by atoms with Crippen LogP contribution in [0.25, 0.3) is 11.1 Å². The Morgan fingerprint density at radius 1 is 1.18 bits per heavy atom. The van der Waals surface area contributed by atoms with Crippen molar-refractivity contribution in [1.29, 1.82) is 5.26 Å². The zero-order valence-electron chi connectivity index (χ0n) is 21.9. The summed E-state index contributed by atoms with van der Waals surface area (Å²) >= 11 is 0. The van der Waals surface area contributed by atoms with Crippen LogP contribution in [0, 0.1) is 29.0 Å². The molecule has 2 aromatic rings. The Morgan fingerprint density at radius 3 is 2.69 bits per heavy atom. The number of nitrogens with zero attached hydrogens (tertiary/aromatic N) is 3. The van der Waals surface area contributed by atoms with Gasteiger partial charge in [-0.05, 0) is 80.4 Å². The first-order valence-corrected chi connectivity index (χ1v) is 13.5. The van der Waals surface area contributed by atoms with Gasteiger partial charge in [0.05, 0.1) is 23.9 Å². The van der Waals surface area contributed by atoms with Gasteiger partial charge in [-0.25, -0.2) is 4.39 Å². The summed E-state index contributed by atoms with van der Waals surface area (Å²) in [6, 6.07) is 6.78. The first kappa shape index (κ1) is 28.2. The average molecular weight is 536 g/mol. The second kappa shape index (κ2) is 13.3. The van der Waals surface area contributed by atoms with E-state index in [0.717, 1.165) is 32.4 Å². The van der Waals surface area contributed by atoms with Crippen LogP contribution in [-0.2, 0) is 14.4 Å². The fourth-order valence-electron chi connectivity index (χ4n) is 5.38. The smallest absolute Gasteiger partial charge is 0.305 e. The summed E-state index contributed by atoms with van der Waals surface area (Å²) in [6.45, 7) is 2.93. The molecule has 10 heteroatoms. The highest BCUT2D eigenvalue weighted by Gasteiger charge is 2.31. The number of halogens is 1. The molecule has 1 aromatic heterocycles. The molecule has 0 radical (unpaired) electrons. The zero-order valence-corrected chi connectivity index (χ0v) is 21.9. The lowest BCUT2D eigenvalue weighted by molar-refractivity contribution is -0.138. The minimum atomic E-state index is -1.09. The summed E-state index contributed by atoms with van der Waals surface area (Å²) in [4.78, 5) is 43.7. The third kappa shape index (κ3) is 7.60. The maximum atomic E-state index is 14.2. The van der Waals surface area contributed by atoms with E-state index in [1.165, 1.54) is 24.5 Å². The first-order valence-electron chi connectivity index (χ1n) is 13.5. The molecule has 39 heavy (non-hydrogen) atoms. The number of carboxylic acid groups (broad SMARTS) is 1. The Kier molecular flexibility index (Phi) is 9.60. The molecule has 1 unspecified atom stereocenters. The van der Waals surface area contributed by atoms with Crippen LogP contribution in [0.1, 0.15) is 62.1 Å². The number of amides is 2. The Bertz CT molecular complexity index is 1240. The molecule has 2 aliphatic heterocycles. The van der Waals surface area contributed by atoms with Gasteiger partial charge in [-0.3, -0.25) is 19.4 Å². The van der Waals surface area contributed by atoms with E-state index in [9.17, 15) is 23.9 Å². The highest BCUT2D eigenvalue weighted by molar-refractivity contribution is 5.82. The molecule has 2 atom stereocenters. The number of aliphatic carboxylic acids is 1. The van der Waals surface area contributed by atoms with Crippen LogP contribution < -0.4 is 10.6 Å². The second-order valence-corrected chi connectivity index (χ2v) is 10.4. The molecule has 2 aliphatic rings. The van der Waals surface area contributed by atoms with E-state index in [-0.39, 0.29) is 23.8 Å². The molecular weight excluding hydrogens is 501 g/mol. The molecule has 0 bridgehead atoms. The highest BCUT2D eigenvalue weighted by Crippen LogP contribution is 2.27. The number of aromatic nitrogens is 1. The van der Waals surface area contributed by atoms with E-state index in [0.29, 0.717) is 55.0 Å². The van der Waals surface area contributed by atoms with E-state index in [1.807, 2.05) is 0 Å². The van der Waals surface area contributed by atoms with E-state index in [1.54, 1.807) is 23.1 Å². The summed E-state index contributed by atoms with van der Waals surface area (Å²) in [5, 5.41) is 24.7. The normalized spacial score (nSPS) is 18.7. The molecule has 1 aromatic carbocycles. The largest absolute Gasteiger partial charge is 0.481 e. The van der Waals surface area contributed by atoms with Crippen LogP contribution in [0.4, 0.5) is 4.39 Å². The number of carbonyl (C=O) groups is 3. The molecule has 3 heterocycles. The molecule has 0 aliphatic carbocycles. The maximum absolute atomic E-state index is 14.2. The van der Waals surface area contributed by atoms with Crippen LogP contribution in [0.5, 0.6) is 0 Å². The average Bonchev–Trinajstić information content (AvgIpc) is 2.96. The molecule has 2 saturated heterocycles. The van der Waals surface area contributed by atoms with Crippen molar-refractivity contribution in [3.05, 3.63) is 53.6 Å². The van der Waals surface area contributed by atoms with Crippen molar-refractivity contribution in [3.63, 3.8) is 0 Å². The summed E-state index contributed by atoms with van der Waals surface area (Å²) in [5.41, 5.74) is 1.40. The predicted octanol–water partition coefficient (Wildman–Crippen LogP) is 3.41. The summed E-state index contributed by atoms with van der Waals surface area (Å²) in [5.74, 6) is -1.86. The number of rotatable bonds is 9. The third-order valence-electron chi connectivity index (χ3n) is 7.65. The van der Waals surface area contributed by atoms with E-state index >= 15 is 0 Å². The number of nitrogens with one attached hydrogen (secondary N) is 2. The summed E-state index contributed by atoms with van der Waals surface area (Å²) in [7, 11) is 0. The minimum absolute atomic E-state index is 0.0691. The van der Waals surface area contributed by atoms with Gasteiger partial charge in [0.2, 0.25) is 11.8 Å². The van der Waals surface area contributed by atoms with Gasteiger partial charge < -0.3 is 20.6 Å². The van der Waals surface area contributed by atoms with E-state index in [2.05, 4.69) is 15.6 Å². The SMILES string of the molecule is N#Cc1ccc(-c2cncc(C(CC(=O)O)NC(=O)[C@@H]3CCCN(C(=O)CCC4CCNCC4)C3)c2)cc1F. The number of nitriles is 1. The van der Waals surface area contributed by atoms with Crippen molar-refractivity contribution in [1.82, 2.24) is 20.5 Å². The second-order valence-electron chi connectivity index (χ2n) is 10.4. The number of benzene rings is 1. The van der Waals surface area contributed by atoms with Crippen LogP contribution in [0.2, 0.25) is 0 Å². The van der Waals surface area contributed by atoms with Gasteiger partial charge >= 0.3 is 5.97 Å². The first-order chi connectivity index (χ1) is 18.8.